The highest BCUT2D eigenvalue weighted by atomic mass is 32.2. The van der Waals surface area contributed by atoms with E-state index in [1.807, 2.05) is 0 Å². The second kappa shape index (κ2) is 5.27. The summed E-state index contributed by atoms with van der Waals surface area (Å²) >= 11 is 0. The van der Waals surface area contributed by atoms with Crippen LogP contribution in [-0.4, -0.2) is 32.4 Å². The van der Waals surface area contributed by atoms with Crippen LogP contribution in [0, 0.1) is 5.41 Å². The molecule has 0 radical (unpaired) electrons. The summed E-state index contributed by atoms with van der Waals surface area (Å²) in [6.45, 7) is 2.74. The lowest BCUT2D eigenvalue weighted by molar-refractivity contribution is 0.166. The molecule has 1 fully saturated rings. The molecule has 1 saturated carbocycles. The highest BCUT2D eigenvalue weighted by Crippen LogP contribution is 2.39. The van der Waals surface area contributed by atoms with Crippen molar-refractivity contribution in [2.24, 2.45) is 5.41 Å². The molecule has 0 amide bonds. The summed E-state index contributed by atoms with van der Waals surface area (Å²) in [7, 11) is -3.12. The van der Waals surface area contributed by atoms with Crippen molar-refractivity contribution in [2.45, 2.75) is 39.0 Å². The van der Waals surface area contributed by atoms with Crippen molar-refractivity contribution >= 4 is 10.0 Å². The van der Waals surface area contributed by atoms with Crippen molar-refractivity contribution in [1.29, 1.82) is 0 Å². The number of nitrogens with one attached hydrogen (secondary N) is 1. The van der Waals surface area contributed by atoms with E-state index in [1.165, 1.54) is 6.42 Å². The van der Waals surface area contributed by atoms with Gasteiger partial charge in [0.2, 0.25) is 10.0 Å². The summed E-state index contributed by atoms with van der Waals surface area (Å²) in [5.41, 5.74) is 0.185. The third kappa shape index (κ3) is 4.49. The molecule has 15 heavy (non-hydrogen) atoms. The molecule has 0 spiro atoms. The van der Waals surface area contributed by atoms with Gasteiger partial charge in [-0.05, 0) is 31.1 Å². The minimum Gasteiger partial charge on any atom is -0.396 e. The molecule has 0 aromatic carbocycles. The quantitative estimate of drug-likeness (QED) is 0.643. The smallest absolute Gasteiger partial charge is 0.211 e. The standard InChI is InChI=1S/C10H21NO3S/c1-10(5-4-6-10)9-11-15(13,14)8-3-2-7-12/h11-12H,2-9H2,1H3. The van der Waals surface area contributed by atoms with Crippen LogP contribution >= 0.6 is 0 Å². The van der Waals surface area contributed by atoms with Crippen LogP contribution in [0.4, 0.5) is 0 Å². The highest BCUT2D eigenvalue weighted by Gasteiger charge is 2.32. The first-order chi connectivity index (χ1) is 6.97. The minimum absolute atomic E-state index is 0.0627. The maximum atomic E-state index is 11.5. The molecule has 0 saturated heterocycles. The van der Waals surface area contributed by atoms with E-state index in [2.05, 4.69) is 11.6 Å². The molecule has 0 aromatic heterocycles. The van der Waals surface area contributed by atoms with Crippen molar-refractivity contribution in [3.8, 4) is 0 Å². The van der Waals surface area contributed by atoms with Crippen LogP contribution in [0.15, 0.2) is 0 Å². The van der Waals surface area contributed by atoms with Gasteiger partial charge < -0.3 is 5.11 Å². The number of hydrogen-bond donors (Lipinski definition) is 2. The molecular weight excluding hydrogens is 214 g/mol. The van der Waals surface area contributed by atoms with Gasteiger partial charge in [-0.3, -0.25) is 0 Å². The van der Waals surface area contributed by atoms with E-state index in [1.54, 1.807) is 0 Å². The molecule has 2 N–H and O–H groups in total. The number of aliphatic hydroxyl groups excluding tert-OH is 1. The van der Waals surface area contributed by atoms with Crippen LogP contribution in [-0.2, 0) is 10.0 Å². The fourth-order valence-electron chi connectivity index (χ4n) is 1.72. The Hall–Kier alpha value is -0.130. The third-order valence-corrected chi connectivity index (χ3v) is 4.51. The Morgan fingerprint density at radius 1 is 1.33 bits per heavy atom. The van der Waals surface area contributed by atoms with Gasteiger partial charge in [-0.15, -0.1) is 0 Å². The van der Waals surface area contributed by atoms with E-state index < -0.39 is 10.0 Å². The Kier molecular flexibility index (Phi) is 4.55. The van der Waals surface area contributed by atoms with Gasteiger partial charge in [-0.2, -0.15) is 0 Å². The van der Waals surface area contributed by atoms with Gasteiger partial charge in [0.1, 0.15) is 0 Å². The fourth-order valence-corrected chi connectivity index (χ4v) is 3.01. The zero-order chi connectivity index (χ0) is 11.4. The van der Waals surface area contributed by atoms with Crippen LogP contribution < -0.4 is 4.72 Å². The molecule has 90 valence electrons. The third-order valence-electron chi connectivity index (χ3n) is 3.10. The Labute approximate surface area is 92.1 Å². The summed E-state index contributed by atoms with van der Waals surface area (Å²) in [6, 6.07) is 0. The summed E-state index contributed by atoms with van der Waals surface area (Å²) in [5.74, 6) is 0.129. The molecule has 4 nitrogen and oxygen atoms in total. The highest BCUT2D eigenvalue weighted by molar-refractivity contribution is 7.89. The zero-order valence-corrected chi connectivity index (χ0v) is 10.1. The van der Waals surface area contributed by atoms with E-state index >= 15 is 0 Å². The average molecular weight is 235 g/mol. The first-order valence-corrected chi connectivity index (χ1v) is 7.21. The Morgan fingerprint density at radius 2 is 2.00 bits per heavy atom. The summed E-state index contributed by atoms with van der Waals surface area (Å²) < 4.78 is 25.6. The molecule has 5 heteroatoms. The lowest BCUT2D eigenvalue weighted by atomic mass is 9.71. The first kappa shape index (κ1) is 12.9. The normalized spacial score (nSPS) is 19.9. The maximum absolute atomic E-state index is 11.5. The van der Waals surface area contributed by atoms with Gasteiger partial charge in [0.25, 0.3) is 0 Å². The van der Waals surface area contributed by atoms with Crippen molar-refractivity contribution in [3.05, 3.63) is 0 Å². The van der Waals surface area contributed by atoms with E-state index in [9.17, 15) is 8.42 Å². The second-order valence-electron chi connectivity index (χ2n) is 4.73. The molecule has 1 rings (SSSR count). The Bertz CT molecular complexity index is 283. The Balaban J connectivity index is 2.23. The Morgan fingerprint density at radius 3 is 2.47 bits per heavy atom. The number of sulfonamides is 1. The molecular formula is C10H21NO3S. The van der Waals surface area contributed by atoms with Gasteiger partial charge in [0.05, 0.1) is 5.75 Å². The van der Waals surface area contributed by atoms with E-state index in [4.69, 9.17) is 5.11 Å². The summed E-state index contributed by atoms with van der Waals surface area (Å²) in [5, 5.41) is 8.55. The average Bonchev–Trinajstić information content (AvgIpc) is 2.12. The number of unbranched alkanes of at least 4 members (excludes halogenated alkanes) is 1. The molecule has 0 bridgehead atoms. The monoisotopic (exact) mass is 235 g/mol. The van der Waals surface area contributed by atoms with Crippen molar-refractivity contribution in [1.82, 2.24) is 4.72 Å². The van der Waals surface area contributed by atoms with E-state index in [0.717, 1.165) is 12.8 Å². The van der Waals surface area contributed by atoms with Crippen LogP contribution in [0.1, 0.15) is 39.0 Å². The van der Waals surface area contributed by atoms with Crippen LogP contribution in [0.3, 0.4) is 0 Å². The van der Waals surface area contributed by atoms with Crippen molar-refractivity contribution < 1.29 is 13.5 Å². The van der Waals surface area contributed by atoms with Gasteiger partial charge in [0.15, 0.2) is 0 Å². The lowest BCUT2D eigenvalue weighted by Gasteiger charge is -2.38. The molecule has 0 heterocycles. The van der Waals surface area contributed by atoms with Crippen molar-refractivity contribution in [2.75, 3.05) is 18.9 Å². The molecule has 0 aromatic rings. The molecule has 0 aliphatic heterocycles. The van der Waals surface area contributed by atoms with Crippen LogP contribution in [0.5, 0.6) is 0 Å². The zero-order valence-electron chi connectivity index (χ0n) is 9.33. The minimum atomic E-state index is -3.12. The first-order valence-electron chi connectivity index (χ1n) is 5.56. The molecule has 1 aliphatic carbocycles. The van der Waals surface area contributed by atoms with Crippen molar-refractivity contribution in [3.63, 3.8) is 0 Å². The number of rotatable bonds is 7. The van der Waals surface area contributed by atoms with Gasteiger partial charge in [-0.1, -0.05) is 13.3 Å². The predicted octanol–water partition coefficient (Wildman–Crippen LogP) is 0.868. The fraction of sp³-hybridized carbons (Fsp3) is 1.00. The molecule has 0 atom stereocenters. The van der Waals surface area contributed by atoms with Gasteiger partial charge in [-0.25, -0.2) is 13.1 Å². The van der Waals surface area contributed by atoms with E-state index in [-0.39, 0.29) is 17.8 Å². The lowest BCUT2D eigenvalue weighted by Crippen LogP contribution is -2.40. The molecule has 0 unspecified atom stereocenters. The SMILES string of the molecule is CC1(CNS(=O)(=O)CCCCO)CCC1. The van der Waals surface area contributed by atoms with Crippen LogP contribution in [0.25, 0.3) is 0 Å². The maximum Gasteiger partial charge on any atom is 0.211 e. The summed E-state index contributed by atoms with van der Waals surface area (Å²) in [4.78, 5) is 0. The van der Waals surface area contributed by atoms with Gasteiger partial charge in [0, 0.05) is 13.2 Å². The summed E-state index contributed by atoms with van der Waals surface area (Å²) in [6.07, 6.45) is 4.53. The topological polar surface area (TPSA) is 66.4 Å². The van der Waals surface area contributed by atoms with Gasteiger partial charge >= 0.3 is 0 Å². The predicted molar refractivity (Wildman–Crippen MR) is 60.1 cm³/mol. The molecule has 1 aliphatic rings. The van der Waals surface area contributed by atoms with Crippen LogP contribution in [0.2, 0.25) is 0 Å². The second-order valence-corrected chi connectivity index (χ2v) is 6.66. The largest absolute Gasteiger partial charge is 0.396 e. The van der Waals surface area contributed by atoms with E-state index in [0.29, 0.717) is 19.4 Å². The number of aliphatic hydroxyl groups is 1. The number of hydrogen-bond acceptors (Lipinski definition) is 3.